The second-order valence-electron chi connectivity index (χ2n) is 3.70. The minimum atomic E-state index is -0.521. The first kappa shape index (κ1) is 11.1. The molecule has 19 heavy (non-hydrogen) atoms. The van der Waals surface area contributed by atoms with Crippen LogP contribution in [0.25, 0.3) is 22.6 Å². The van der Waals surface area contributed by atoms with Crippen molar-refractivity contribution >= 4 is 22.8 Å². The number of H-pyrrole nitrogens is 1. The van der Waals surface area contributed by atoms with Crippen LogP contribution in [0.5, 0.6) is 0 Å². The average molecular weight is 259 g/mol. The summed E-state index contributed by atoms with van der Waals surface area (Å²) in [5, 5.41) is 4.60. The van der Waals surface area contributed by atoms with Gasteiger partial charge in [0.15, 0.2) is 5.82 Å². The van der Waals surface area contributed by atoms with Crippen molar-refractivity contribution in [2.75, 3.05) is 5.73 Å². The number of nitrogens with two attached hydrogens (primary N) is 1. The summed E-state index contributed by atoms with van der Waals surface area (Å²) < 4.78 is 0. The highest BCUT2D eigenvalue weighted by molar-refractivity contribution is 5.96. The van der Waals surface area contributed by atoms with Crippen LogP contribution < -0.4 is 10.6 Å². The lowest BCUT2D eigenvalue weighted by Gasteiger charge is -1.99. The molecule has 3 aromatic rings. The molecule has 3 heterocycles. The minimum absolute atomic E-state index is 0.231. The first-order valence-corrected chi connectivity index (χ1v) is 5.34. The standard InChI is InChI=1S/C10H9N7O2/c1-5(18)19-17-10-6(8(11)14-4-15-10)7(16-17)9-12-2-3-13-9/h2-4H,1H3,(H,12,13)(H2,11,14,15). The quantitative estimate of drug-likeness (QED) is 0.651. The van der Waals surface area contributed by atoms with E-state index in [9.17, 15) is 4.79 Å². The molecule has 0 amide bonds. The first-order valence-electron chi connectivity index (χ1n) is 5.34. The second kappa shape index (κ2) is 4.05. The van der Waals surface area contributed by atoms with Gasteiger partial charge in [0.05, 0.1) is 5.39 Å². The monoisotopic (exact) mass is 259 g/mol. The van der Waals surface area contributed by atoms with Gasteiger partial charge in [0.2, 0.25) is 5.65 Å². The molecule has 0 fully saturated rings. The molecule has 0 aliphatic rings. The maximum Gasteiger partial charge on any atom is 0.332 e. The molecular weight excluding hydrogens is 250 g/mol. The number of rotatable bonds is 2. The molecule has 3 N–H and O–H groups in total. The van der Waals surface area contributed by atoms with Crippen LogP contribution in [0.4, 0.5) is 5.82 Å². The largest absolute Gasteiger partial charge is 0.383 e. The van der Waals surface area contributed by atoms with E-state index in [0.29, 0.717) is 22.6 Å². The topological polar surface area (TPSA) is 125 Å². The highest BCUT2D eigenvalue weighted by Gasteiger charge is 2.19. The maximum absolute atomic E-state index is 11.1. The summed E-state index contributed by atoms with van der Waals surface area (Å²) >= 11 is 0. The van der Waals surface area contributed by atoms with Crippen LogP contribution in [0.2, 0.25) is 0 Å². The molecule has 9 heteroatoms. The van der Waals surface area contributed by atoms with Crippen molar-refractivity contribution in [3.63, 3.8) is 0 Å². The number of imidazole rings is 1. The minimum Gasteiger partial charge on any atom is -0.383 e. The van der Waals surface area contributed by atoms with Crippen molar-refractivity contribution in [1.82, 2.24) is 29.9 Å². The third-order valence-electron chi connectivity index (χ3n) is 2.40. The molecule has 3 aromatic heterocycles. The van der Waals surface area contributed by atoms with Gasteiger partial charge in [-0.2, -0.15) is 0 Å². The van der Waals surface area contributed by atoms with Gasteiger partial charge < -0.3 is 15.6 Å². The van der Waals surface area contributed by atoms with E-state index in [0.717, 1.165) is 4.85 Å². The molecule has 0 spiro atoms. The fourth-order valence-corrected chi connectivity index (χ4v) is 1.70. The van der Waals surface area contributed by atoms with E-state index in [1.165, 1.54) is 13.3 Å². The number of anilines is 1. The Hall–Kier alpha value is -2.97. The summed E-state index contributed by atoms with van der Waals surface area (Å²) in [6, 6.07) is 0. The van der Waals surface area contributed by atoms with E-state index < -0.39 is 5.97 Å². The fraction of sp³-hybridized carbons (Fsp3) is 0.100. The number of nitrogens with zero attached hydrogens (tertiary/aromatic N) is 5. The summed E-state index contributed by atoms with van der Waals surface area (Å²) in [5.41, 5.74) is 6.54. The van der Waals surface area contributed by atoms with Gasteiger partial charge in [0.25, 0.3) is 0 Å². The summed E-state index contributed by atoms with van der Waals surface area (Å²) in [6.07, 6.45) is 4.49. The lowest BCUT2D eigenvalue weighted by Crippen LogP contribution is -2.18. The number of aromatic amines is 1. The molecule has 0 saturated carbocycles. The van der Waals surface area contributed by atoms with Crippen molar-refractivity contribution in [3.05, 3.63) is 18.7 Å². The average Bonchev–Trinajstić information content (AvgIpc) is 2.97. The third-order valence-corrected chi connectivity index (χ3v) is 2.40. The first-order chi connectivity index (χ1) is 9.16. The van der Waals surface area contributed by atoms with Crippen molar-refractivity contribution in [2.45, 2.75) is 6.92 Å². The Morgan fingerprint density at radius 2 is 2.26 bits per heavy atom. The SMILES string of the molecule is CC(=O)On1nc(-c2ncc[nH]2)c2c(N)ncnc21. The molecule has 0 radical (unpaired) electrons. The Labute approximate surface area is 106 Å². The van der Waals surface area contributed by atoms with Crippen LogP contribution in [0.15, 0.2) is 18.7 Å². The summed E-state index contributed by atoms with van der Waals surface area (Å²) in [5.74, 6) is 0.194. The van der Waals surface area contributed by atoms with Gasteiger partial charge in [-0.3, -0.25) is 0 Å². The van der Waals surface area contributed by atoms with E-state index in [2.05, 4.69) is 25.0 Å². The van der Waals surface area contributed by atoms with Crippen LogP contribution in [0, 0.1) is 0 Å². The number of hydrogen-bond donors (Lipinski definition) is 2. The number of hydrogen-bond acceptors (Lipinski definition) is 7. The highest BCUT2D eigenvalue weighted by Crippen LogP contribution is 2.27. The molecule has 0 aliphatic carbocycles. The molecule has 9 nitrogen and oxygen atoms in total. The lowest BCUT2D eigenvalue weighted by atomic mass is 10.3. The fourth-order valence-electron chi connectivity index (χ4n) is 1.70. The normalized spacial score (nSPS) is 10.8. The van der Waals surface area contributed by atoms with Gasteiger partial charge in [-0.15, -0.1) is 5.10 Å². The van der Waals surface area contributed by atoms with Gasteiger partial charge in [0, 0.05) is 19.3 Å². The van der Waals surface area contributed by atoms with Gasteiger partial charge in [0.1, 0.15) is 17.8 Å². The molecule has 0 saturated heterocycles. The van der Waals surface area contributed by atoms with E-state index in [1.54, 1.807) is 12.4 Å². The molecule has 0 unspecified atom stereocenters. The Kier molecular flexibility index (Phi) is 2.37. The summed E-state index contributed by atoms with van der Waals surface area (Å²) in [7, 11) is 0. The van der Waals surface area contributed by atoms with Gasteiger partial charge >= 0.3 is 5.97 Å². The number of nitrogens with one attached hydrogen (secondary N) is 1. The second-order valence-corrected chi connectivity index (χ2v) is 3.70. The molecule has 96 valence electrons. The summed E-state index contributed by atoms with van der Waals surface area (Å²) in [4.78, 5) is 31.9. The van der Waals surface area contributed by atoms with Crippen molar-refractivity contribution in [2.24, 2.45) is 0 Å². The molecule has 0 aromatic carbocycles. The number of nitrogen functional groups attached to an aromatic ring is 1. The third kappa shape index (κ3) is 1.76. The molecular formula is C10H9N7O2. The van der Waals surface area contributed by atoms with E-state index in [1.807, 2.05) is 0 Å². The van der Waals surface area contributed by atoms with Crippen molar-refractivity contribution in [3.8, 4) is 11.5 Å². The Bertz CT molecular complexity index is 747. The van der Waals surface area contributed by atoms with E-state index >= 15 is 0 Å². The molecule has 0 bridgehead atoms. The highest BCUT2D eigenvalue weighted by atomic mass is 16.7. The number of carbonyl (C=O) groups excluding carboxylic acids is 1. The van der Waals surface area contributed by atoms with Gasteiger partial charge in [-0.1, -0.05) is 4.85 Å². The zero-order chi connectivity index (χ0) is 13.4. The zero-order valence-electron chi connectivity index (χ0n) is 9.86. The van der Waals surface area contributed by atoms with Crippen LogP contribution in [-0.4, -0.2) is 35.8 Å². The predicted octanol–water partition coefficient (Wildman–Crippen LogP) is -0.226. The number of aromatic nitrogens is 6. The lowest BCUT2D eigenvalue weighted by molar-refractivity contribution is -0.142. The van der Waals surface area contributed by atoms with Crippen LogP contribution in [0.3, 0.4) is 0 Å². The Balaban J connectivity index is 2.30. The number of carbonyl (C=O) groups is 1. The smallest absolute Gasteiger partial charge is 0.332 e. The molecule has 0 atom stereocenters. The summed E-state index contributed by atoms with van der Waals surface area (Å²) in [6.45, 7) is 1.27. The van der Waals surface area contributed by atoms with Gasteiger partial charge in [-0.25, -0.2) is 19.7 Å². The van der Waals surface area contributed by atoms with Crippen LogP contribution in [-0.2, 0) is 4.79 Å². The van der Waals surface area contributed by atoms with Crippen molar-refractivity contribution in [1.29, 1.82) is 0 Å². The van der Waals surface area contributed by atoms with Gasteiger partial charge in [-0.05, 0) is 0 Å². The zero-order valence-corrected chi connectivity index (χ0v) is 9.86. The Morgan fingerprint density at radius 3 is 2.95 bits per heavy atom. The molecule has 3 rings (SSSR count). The van der Waals surface area contributed by atoms with Crippen molar-refractivity contribution < 1.29 is 9.63 Å². The predicted molar refractivity (Wildman–Crippen MR) is 64.6 cm³/mol. The van der Waals surface area contributed by atoms with E-state index in [4.69, 9.17) is 10.6 Å². The van der Waals surface area contributed by atoms with E-state index in [-0.39, 0.29) is 5.82 Å². The van der Waals surface area contributed by atoms with Crippen LogP contribution in [0.1, 0.15) is 6.92 Å². The van der Waals surface area contributed by atoms with Crippen LogP contribution >= 0.6 is 0 Å². The Morgan fingerprint density at radius 1 is 1.42 bits per heavy atom. The number of fused-ring (bicyclic) bond motifs is 1. The molecule has 0 aliphatic heterocycles. The maximum atomic E-state index is 11.1.